The van der Waals surface area contributed by atoms with E-state index in [4.69, 9.17) is 22.3 Å². The molecule has 0 aliphatic rings. The van der Waals surface area contributed by atoms with Crippen LogP contribution in [-0.2, 0) is 26.4 Å². The molecular formula is C17H26O7S. The van der Waals surface area contributed by atoms with Gasteiger partial charge < -0.3 is 4.74 Å². The van der Waals surface area contributed by atoms with Crippen molar-refractivity contribution in [1.29, 1.82) is 0 Å². The summed E-state index contributed by atoms with van der Waals surface area (Å²) in [5.41, 5.74) is 0.997. The number of para-hydroxylation sites is 1. The molecule has 0 saturated heterocycles. The highest BCUT2D eigenvalue weighted by Gasteiger charge is 2.07. The van der Waals surface area contributed by atoms with E-state index in [0.717, 1.165) is 18.4 Å². The van der Waals surface area contributed by atoms with E-state index in [2.05, 4.69) is 6.92 Å². The van der Waals surface area contributed by atoms with Crippen molar-refractivity contribution in [3.63, 3.8) is 0 Å². The lowest BCUT2D eigenvalue weighted by atomic mass is 10.0. The van der Waals surface area contributed by atoms with Crippen molar-refractivity contribution in [3.8, 4) is 5.75 Å². The van der Waals surface area contributed by atoms with E-state index in [0.29, 0.717) is 5.75 Å². The smallest absolute Gasteiger partial charge is 0.394 e. The summed E-state index contributed by atoms with van der Waals surface area (Å²) in [6.45, 7) is 2.22. The monoisotopic (exact) mass is 374 g/mol. The maximum absolute atomic E-state index is 11.0. The van der Waals surface area contributed by atoms with Crippen LogP contribution in [0.2, 0.25) is 0 Å². The zero-order valence-electron chi connectivity index (χ0n) is 14.4. The fourth-order valence-corrected chi connectivity index (χ4v) is 2.21. The maximum Gasteiger partial charge on any atom is 0.394 e. The van der Waals surface area contributed by atoms with Gasteiger partial charge in [-0.15, -0.1) is 0 Å². The molecule has 2 N–H and O–H groups in total. The molecule has 0 aliphatic carbocycles. The molecule has 0 bridgehead atoms. The van der Waals surface area contributed by atoms with E-state index in [1.165, 1.54) is 38.5 Å². The predicted octanol–water partition coefficient (Wildman–Crippen LogP) is 3.43. The Balaban J connectivity index is 0.00000101. The van der Waals surface area contributed by atoms with Crippen molar-refractivity contribution in [1.82, 2.24) is 0 Å². The third kappa shape index (κ3) is 15.5. The number of benzene rings is 1. The third-order valence-electron chi connectivity index (χ3n) is 3.33. The molecule has 0 unspecified atom stereocenters. The lowest BCUT2D eigenvalue weighted by molar-refractivity contribution is -0.141. The third-order valence-corrected chi connectivity index (χ3v) is 3.33. The summed E-state index contributed by atoms with van der Waals surface area (Å²) in [6.07, 6.45) is 9.85. The van der Waals surface area contributed by atoms with Crippen molar-refractivity contribution in [3.05, 3.63) is 29.8 Å². The summed E-state index contributed by atoms with van der Waals surface area (Å²) in [5.74, 6) is -0.326. The molecule has 142 valence electrons. The summed E-state index contributed by atoms with van der Waals surface area (Å²) in [4.78, 5) is 21.4. The quantitative estimate of drug-likeness (QED) is 0.161. The number of aldehydes is 1. The van der Waals surface area contributed by atoms with Gasteiger partial charge in [0, 0.05) is 0 Å². The maximum atomic E-state index is 11.0. The molecular weight excluding hydrogens is 348 g/mol. The molecule has 0 amide bonds. The number of hydrogen-bond acceptors (Lipinski definition) is 5. The van der Waals surface area contributed by atoms with Gasteiger partial charge in [0.25, 0.3) is 0 Å². The van der Waals surface area contributed by atoms with Gasteiger partial charge in [-0.2, -0.15) is 8.42 Å². The number of ether oxygens (including phenoxy) is 1. The van der Waals surface area contributed by atoms with Gasteiger partial charge in [0.15, 0.2) is 0 Å². The molecule has 0 atom stereocenters. The Labute approximate surface area is 149 Å². The van der Waals surface area contributed by atoms with Gasteiger partial charge in [-0.3, -0.25) is 13.9 Å². The van der Waals surface area contributed by atoms with Crippen LogP contribution in [0.3, 0.4) is 0 Å². The average molecular weight is 374 g/mol. The van der Waals surface area contributed by atoms with E-state index in [1.54, 1.807) is 6.07 Å². The van der Waals surface area contributed by atoms with Crippen LogP contribution in [-0.4, -0.2) is 29.8 Å². The molecule has 1 aromatic rings. The summed E-state index contributed by atoms with van der Waals surface area (Å²) >= 11 is 0. The fraction of sp³-hybridized carbons (Fsp3) is 0.529. The van der Waals surface area contributed by atoms with E-state index in [1.807, 2.05) is 18.2 Å². The molecule has 0 saturated carbocycles. The molecule has 8 heteroatoms. The van der Waals surface area contributed by atoms with Crippen LogP contribution in [0.4, 0.5) is 0 Å². The van der Waals surface area contributed by atoms with Crippen LogP contribution < -0.4 is 4.74 Å². The van der Waals surface area contributed by atoms with E-state index < -0.39 is 16.4 Å². The highest BCUT2D eigenvalue weighted by atomic mass is 32.3. The minimum absolute atomic E-state index is 0.199. The molecule has 0 fully saturated rings. The first-order chi connectivity index (χ1) is 11.8. The van der Waals surface area contributed by atoms with Gasteiger partial charge in [-0.05, 0) is 24.5 Å². The van der Waals surface area contributed by atoms with E-state index in [-0.39, 0.29) is 6.29 Å². The molecule has 1 aromatic carbocycles. The highest BCUT2D eigenvalue weighted by molar-refractivity contribution is 7.79. The van der Waals surface area contributed by atoms with E-state index in [9.17, 15) is 9.59 Å². The molecule has 0 aromatic heterocycles. The second-order valence-corrected chi connectivity index (χ2v) is 6.36. The Hall–Kier alpha value is -1.77. The van der Waals surface area contributed by atoms with Gasteiger partial charge in [0.1, 0.15) is 5.75 Å². The topological polar surface area (TPSA) is 118 Å². The minimum Gasteiger partial charge on any atom is -0.421 e. The largest absolute Gasteiger partial charge is 0.421 e. The van der Waals surface area contributed by atoms with Crippen LogP contribution in [0.1, 0.15) is 57.4 Å². The van der Waals surface area contributed by atoms with Crippen LogP contribution >= 0.6 is 0 Å². The lowest BCUT2D eigenvalue weighted by Crippen LogP contribution is -2.10. The highest BCUT2D eigenvalue weighted by Crippen LogP contribution is 2.21. The number of aryl methyl sites for hydroxylation is 1. The van der Waals surface area contributed by atoms with Gasteiger partial charge in [-0.25, -0.2) is 4.79 Å². The molecule has 0 spiro atoms. The first kappa shape index (κ1) is 23.2. The Kier molecular flexibility index (Phi) is 12.6. The van der Waals surface area contributed by atoms with Crippen LogP contribution in [0.15, 0.2) is 24.3 Å². The van der Waals surface area contributed by atoms with Crippen LogP contribution in [0, 0.1) is 0 Å². The van der Waals surface area contributed by atoms with Gasteiger partial charge >= 0.3 is 16.4 Å². The second-order valence-electron chi connectivity index (χ2n) is 5.47. The average Bonchev–Trinajstić information content (AvgIpc) is 2.53. The van der Waals surface area contributed by atoms with Crippen molar-refractivity contribution in [2.75, 3.05) is 0 Å². The number of carbonyl (C=O) groups is 2. The molecule has 0 radical (unpaired) electrons. The number of unbranched alkanes of at least 4 members (excludes halogenated alkanes) is 6. The van der Waals surface area contributed by atoms with Crippen LogP contribution in [0.5, 0.6) is 5.75 Å². The van der Waals surface area contributed by atoms with Gasteiger partial charge in [0.05, 0.1) is 0 Å². The molecule has 0 aliphatic heterocycles. The normalized spacial score (nSPS) is 10.5. The minimum atomic E-state index is -4.67. The summed E-state index contributed by atoms with van der Waals surface area (Å²) in [6, 6.07) is 7.42. The SMILES string of the molecule is CCCCCCCCCc1ccccc1OC(=O)C=O.O=S(=O)(O)O. The van der Waals surface area contributed by atoms with Crippen molar-refractivity contribution in [2.24, 2.45) is 0 Å². The molecule has 25 heavy (non-hydrogen) atoms. The van der Waals surface area contributed by atoms with Gasteiger partial charge in [0.2, 0.25) is 6.29 Å². The van der Waals surface area contributed by atoms with E-state index >= 15 is 0 Å². The summed E-state index contributed by atoms with van der Waals surface area (Å²) in [5, 5.41) is 0. The zero-order chi connectivity index (χ0) is 19.1. The Morgan fingerprint density at radius 2 is 1.56 bits per heavy atom. The zero-order valence-corrected chi connectivity index (χ0v) is 15.2. The predicted molar refractivity (Wildman–Crippen MR) is 94.0 cm³/mol. The molecule has 1 rings (SSSR count). The van der Waals surface area contributed by atoms with Crippen molar-refractivity contribution >= 4 is 22.7 Å². The van der Waals surface area contributed by atoms with Gasteiger partial charge in [-0.1, -0.05) is 63.6 Å². The summed E-state index contributed by atoms with van der Waals surface area (Å²) < 4.78 is 36.6. The van der Waals surface area contributed by atoms with Crippen molar-refractivity contribution in [2.45, 2.75) is 58.3 Å². The summed E-state index contributed by atoms with van der Waals surface area (Å²) in [7, 11) is -4.67. The Morgan fingerprint density at radius 1 is 1.04 bits per heavy atom. The Morgan fingerprint density at radius 3 is 2.12 bits per heavy atom. The first-order valence-corrected chi connectivity index (χ1v) is 9.62. The number of esters is 1. The standard InChI is InChI=1S/C17H24O3.H2O4S/c1-2-3-4-5-6-7-8-11-15-12-9-10-13-16(15)20-17(19)14-18;1-5(2,3)4/h9-10,12-14H,2-8,11H2,1H3;(H2,1,2,3,4). The molecule has 0 heterocycles. The van der Waals surface area contributed by atoms with Crippen LogP contribution in [0.25, 0.3) is 0 Å². The second kappa shape index (κ2) is 13.5. The number of carbonyl (C=O) groups excluding carboxylic acids is 2. The molecule has 7 nitrogen and oxygen atoms in total. The first-order valence-electron chi connectivity index (χ1n) is 8.22. The number of hydrogen-bond donors (Lipinski definition) is 2. The lowest BCUT2D eigenvalue weighted by Gasteiger charge is -2.08. The Bertz CT molecular complexity index is 603. The fourth-order valence-electron chi connectivity index (χ4n) is 2.21. The number of rotatable bonds is 10. The van der Waals surface area contributed by atoms with Crippen molar-refractivity contribution < 1.29 is 31.8 Å².